The van der Waals surface area contributed by atoms with Gasteiger partial charge >= 0.3 is 0 Å². The zero-order valence-electron chi connectivity index (χ0n) is 32.9. The van der Waals surface area contributed by atoms with E-state index in [9.17, 15) is 0 Å². The maximum Gasteiger partial charge on any atom is 0.0562 e. The summed E-state index contributed by atoms with van der Waals surface area (Å²) in [4.78, 5) is 0. The molecule has 0 spiro atoms. The normalized spacial score (nSPS) is 12.0. The first-order valence-electron chi connectivity index (χ1n) is 20.9. The number of benzene rings is 9. The standard InChI is InChI=1S/C56H41N3/c1-2-3-13-37-24-29-42(30-25-37)57-51-21-11-8-18-46(51)56-54(57)22-12-23-55(56)59-50-20-10-7-17-45(50)48-36-41(28-33-53(48)59)40-27-32-52-47(35-40)44-16-6-9-19-49(44)58(52)43-31-26-38-14-4-5-15-39(38)34-43/h4-12,14-36H,2-3,13H2,1H3. The van der Waals surface area contributed by atoms with E-state index in [1.165, 1.54) is 123 Å². The Kier molecular flexibility index (Phi) is 7.64. The van der Waals surface area contributed by atoms with E-state index in [4.69, 9.17) is 0 Å². The zero-order chi connectivity index (χ0) is 39.0. The van der Waals surface area contributed by atoms with E-state index in [-0.39, 0.29) is 0 Å². The van der Waals surface area contributed by atoms with Crippen LogP contribution in [0.4, 0.5) is 0 Å². The van der Waals surface area contributed by atoms with Crippen molar-refractivity contribution in [1.82, 2.24) is 13.7 Å². The van der Waals surface area contributed by atoms with Gasteiger partial charge in [0.15, 0.2) is 0 Å². The number of hydrogen-bond acceptors (Lipinski definition) is 0. The molecule has 0 aliphatic carbocycles. The Balaban J connectivity index is 1.03. The summed E-state index contributed by atoms with van der Waals surface area (Å²) < 4.78 is 7.34. The molecule has 0 bridgehead atoms. The van der Waals surface area contributed by atoms with Gasteiger partial charge in [0.2, 0.25) is 0 Å². The smallest absolute Gasteiger partial charge is 0.0562 e. The van der Waals surface area contributed by atoms with Crippen LogP contribution in [0.5, 0.6) is 0 Å². The highest BCUT2D eigenvalue weighted by Gasteiger charge is 2.20. The first-order chi connectivity index (χ1) is 29.2. The molecule has 12 rings (SSSR count). The fraction of sp³-hybridized carbons (Fsp3) is 0.0714. The van der Waals surface area contributed by atoms with Gasteiger partial charge in [0.05, 0.1) is 38.8 Å². The van der Waals surface area contributed by atoms with E-state index < -0.39 is 0 Å². The summed E-state index contributed by atoms with van der Waals surface area (Å²) >= 11 is 0. The van der Waals surface area contributed by atoms with Crippen molar-refractivity contribution < 1.29 is 0 Å². The third-order valence-corrected chi connectivity index (χ3v) is 12.6. The van der Waals surface area contributed by atoms with Gasteiger partial charge < -0.3 is 13.7 Å². The third-order valence-electron chi connectivity index (χ3n) is 12.6. The van der Waals surface area contributed by atoms with Crippen LogP contribution >= 0.6 is 0 Å². The minimum absolute atomic E-state index is 1.12. The number of unbranched alkanes of at least 4 members (excludes halogenated alkanes) is 1. The zero-order valence-corrected chi connectivity index (χ0v) is 32.9. The van der Waals surface area contributed by atoms with Crippen LogP contribution in [0.15, 0.2) is 194 Å². The lowest BCUT2D eigenvalue weighted by molar-refractivity contribution is 0.795. The van der Waals surface area contributed by atoms with Crippen LogP contribution in [-0.2, 0) is 6.42 Å². The van der Waals surface area contributed by atoms with Crippen molar-refractivity contribution in [2.75, 3.05) is 0 Å². The van der Waals surface area contributed by atoms with Gasteiger partial charge in [-0.05, 0) is 119 Å². The summed E-state index contributed by atoms with van der Waals surface area (Å²) in [6.45, 7) is 2.26. The largest absolute Gasteiger partial charge is 0.309 e. The van der Waals surface area contributed by atoms with Crippen LogP contribution in [0.25, 0.3) is 104 Å². The van der Waals surface area contributed by atoms with Gasteiger partial charge in [0, 0.05) is 43.7 Å². The molecular formula is C56H41N3. The molecule has 0 amide bonds. The summed E-state index contributed by atoms with van der Waals surface area (Å²) in [5.41, 5.74) is 14.6. The summed E-state index contributed by atoms with van der Waals surface area (Å²) in [5.74, 6) is 0. The molecule has 3 nitrogen and oxygen atoms in total. The summed E-state index contributed by atoms with van der Waals surface area (Å²) in [5, 5.41) is 10.0. The van der Waals surface area contributed by atoms with Crippen LogP contribution in [0.2, 0.25) is 0 Å². The molecular weight excluding hydrogens is 715 g/mol. The molecule has 59 heavy (non-hydrogen) atoms. The van der Waals surface area contributed by atoms with Crippen molar-refractivity contribution in [2.45, 2.75) is 26.2 Å². The van der Waals surface area contributed by atoms with E-state index in [1.54, 1.807) is 0 Å². The molecule has 0 unspecified atom stereocenters. The molecule has 3 heterocycles. The Morgan fingerprint density at radius 2 is 0.881 bits per heavy atom. The van der Waals surface area contributed by atoms with Gasteiger partial charge in [-0.25, -0.2) is 0 Å². The third kappa shape index (κ3) is 5.21. The highest BCUT2D eigenvalue weighted by molar-refractivity contribution is 6.17. The second kappa shape index (κ2) is 13.4. The molecule has 3 aromatic heterocycles. The quantitative estimate of drug-likeness (QED) is 0.154. The maximum absolute atomic E-state index is 2.49. The highest BCUT2D eigenvalue weighted by atomic mass is 15.0. The van der Waals surface area contributed by atoms with Crippen molar-refractivity contribution >= 4 is 76.2 Å². The Hall–Kier alpha value is -7.36. The number of aromatic nitrogens is 3. The molecule has 0 aliphatic rings. The second-order valence-corrected chi connectivity index (χ2v) is 16.0. The van der Waals surface area contributed by atoms with E-state index >= 15 is 0 Å². The Morgan fingerprint density at radius 3 is 1.58 bits per heavy atom. The molecule has 12 aromatic rings. The topological polar surface area (TPSA) is 14.8 Å². The molecule has 280 valence electrons. The summed E-state index contributed by atoms with van der Waals surface area (Å²) in [6.07, 6.45) is 3.54. The van der Waals surface area contributed by atoms with Crippen molar-refractivity contribution in [2.24, 2.45) is 0 Å². The average molecular weight is 756 g/mol. The van der Waals surface area contributed by atoms with Crippen LogP contribution in [0, 0.1) is 0 Å². The number of hydrogen-bond donors (Lipinski definition) is 0. The lowest BCUT2D eigenvalue weighted by Gasteiger charge is -2.12. The van der Waals surface area contributed by atoms with Gasteiger partial charge in [-0.2, -0.15) is 0 Å². The van der Waals surface area contributed by atoms with E-state index in [0.29, 0.717) is 0 Å². The molecule has 0 aliphatic heterocycles. The monoisotopic (exact) mass is 755 g/mol. The Morgan fingerprint density at radius 1 is 0.356 bits per heavy atom. The van der Waals surface area contributed by atoms with Crippen LogP contribution in [0.1, 0.15) is 25.3 Å². The van der Waals surface area contributed by atoms with E-state index in [0.717, 1.165) is 6.42 Å². The van der Waals surface area contributed by atoms with Crippen LogP contribution < -0.4 is 0 Å². The number of fused-ring (bicyclic) bond motifs is 10. The number of nitrogens with zero attached hydrogens (tertiary/aromatic N) is 3. The minimum Gasteiger partial charge on any atom is -0.309 e. The molecule has 0 saturated carbocycles. The lowest BCUT2D eigenvalue weighted by Crippen LogP contribution is -1.97. The van der Waals surface area contributed by atoms with E-state index in [2.05, 4.69) is 215 Å². The minimum atomic E-state index is 1.12. The molecule has 0 saturated heterocycles. The van der Waals surface area contributed by atoms with Crippen molar-refractivity contribution in [3.8, 4) is 28.2 Å². The molecule has 0 atom stereocenters. The number of aryl methyl sites for hydroxylation is 1. The summed E-state index contributed by atoms with van der Waals surface area (Å²) in [6, 6.07) is 72.0. The molecule has 9 aromatic carbocycles. The van der Waals surface area contributed by atoms with Gasteiger partial charge in [-0.1, -0.05) is 129 Å². The number of rotatable bonds is 7. The van der Waals surface area contributed by atoms with E-state index in [1.807, 2.05) is 0 Å². The second-order valence-electron chi connectivity index (χ2n) is 16.0. The van der Waals surface area contributed by atoms with Crippen LogP contribution in [0.3, 0.4) is 0 Å². The van der Waals surface area contributed by atoms with Gasteiger partial charge in [0.1, 0.15) is 0 Å². The van der Waals surface area contributed by atoms with Crippen molar-refractivity contribution in [1.29, 1.82) is 0 Å². The van der Waals surface area contributed by atoms with Crippen molar-refractivity contribution in [3.05, 3.63) is 200 Å². The van der Waals surface area contributed by atoms with Gasteiger partial charge in [0.25, 0.3) is 0 Å². The molecule has 0 N–H and O–H groups in total. The first-order valence-corrected chi connectivity index (χ1v) is 20.9. The Bertz CT molecular complexity index is 3590. The Labute approximate surface area is 342 Å². The SMILES string of the molecule is CCCCc1ccc(-n2c3ccccc3c3c(-n4c5ccccc5c5cc(-c6ccc7c(c6)c6ccccc6n7-c6ccc7ccccc7c6)ccc54)cccc32)cc1. The highest BCUT2D eigenvalue weighted by Crippen LogP contribution is 2.42. The van der Waals surface area contributed by atoms with Gasteiger partial charge in [-0.15, -0.1) is 0 Å². The fourth-order valence-electron chi connectivity index (χ4n) is 9.82. The maximum atomic E-state index is 2.49. The summed E-state index contributed by atoms with van der Waals surface area (Å²) in [7, 11) is 0. The first kappa shape index (κ1) is 33.7. The fourth-order valence-corrected chi connectivity index (χ4v) is 9.82. The number of para-hydroxylation sites is 3. The lowest BCUT2D eigenvalue weighted by atomic mass is 10.0. The molecule has 0 fully saturated rings. The average Bonchev–Trinajstić information content (AvgIpc) is 3.94. The predicted octanol–water partition coefficient (Wildman–Crippen LogP) is 15.1. The molecule has 3 heteroatoms. The van der Waals surface area contributed by atoms with Gasteiger partial charge in [-0.3, -0.25) is 0 Å². The molecule has 0 radical (unpaired) electrons. The van der Waals surface area contributed by atoms with Crippen molar-refractivity contribution in [3.63, 3.8) is 0 Å². The van der Waals surface area contributed by atoms with Crippen LogP contribution in [-0.4, -0.2) is 13.7 Å². The predicted molar refractivity (Wildman–Crippen MR) is 251 cm³/mol.